The van der Waals surface area contributed by atoms with Crippen LogP contribution in [0.4, 0.5) is 5.88 Å². The molecule has 3 aromatic rings. The Labute approximate surface area is 149 Å². The predicted octanol–water partition coefficient (Wildman–Crippen LogP) is 1.95. The lowest BCUT2D eigenvalue weighted by atomic mass is 10.1. The second-order valence-corrected chi connectivity index (χ2v) is 6.70. The minimum absolute atomic E-state index is 0.148. The van der Waals surface area contributed by atoms with E-state index in [-0.39, 0.29) is 29.9 Å². The number of nitrogens with one attached hydrogen (secondary N) is 2. The molecule has 1 aliphatic heterocycles. The van der Waals surface area contributed by atoms with E-state index in [0.717, 1.165) is 13.1 Å². The zero-order valence-electron chi connectivity index (χ0n) is 15.0. The van der Waals surface area contributed by atoms with E-state index in [9.17, 15) is 9.59 Å². The molecule has 1 unspecified atom stereocenters. The van der Waals surface area contributed by atoms with Gasteiger partial charge in [-0.25, -0.2) is 5.10 Å². The Kier molecular flexibility index (Phi) is 3.91. The standard InChI is InChI=1S/C18H21N5O3/c1-10-15-12(3)26-18(16(15)17(25)21-20-10)19-14(24)9-23-8-7-22-6-4-5-13(22)11(23)2/h4-6,11H,7-9H2,1-3H3,(H,19,24)(H,21,25). The quantitative estimate of drug-likeness (QED) is 0.749. The van der Waals surface area contributed by atoms with Gasteiger partial charge in [0.25, 0.3) is 5.56 Å². The van der Waals surface area contributed by atoms with Gasteiger partial charge in [-0.15, -0.1) is 0 Å². The Morgan fingerprint density at radius 3 is 3.00 bits per heavy atom. The molecule has 0 radical (unpaired) electrons. The number of nitrogens with zero attached hydrogens (tertiary/aromatic N) is 3. The van der Waals surface area contributed by atoms with E-state index >= 15 is 0 Å². The van der Waals surface area contributed by atoms with Crippen LogP contribution in [0.5, 0.6) is 0 Å². The Morgan fingerprint density at radius 2 is 2.19 bits per heavy atom. The SMILES string of the molecule is Cc1n[nH]c(=O)c2c(NC(=O)CN3CCn4cccc4C3C)oc(C)c12. The van der Waals surface area contributed by atoms with Crippen LogP contribution in [0.15, 0.2) is 27.5 Å². The van der Waals surface area contributed by atoms with Crippen LogP contribution in [-0.4, -0.2) is 38.7 Å². The molecule has 0 aliphatic carbocycles. The van der Waals surface area contributed by atoms with Crippen LogP contribution in [0.2, 0.25) is 0 Å². The molecule has 1 atom stereocenters. The third kappa shape index (κ3) is 2.62. The summed E-state index contributed by atoms with van der Waals surface area (Å²) in [7, 11) is 0. The van der Waals surface area contributed by atoms with Crippen molar-refractivity contribution in [3.05, 3.63) is 45.8 Å². The highest BCUT2D eigenvalue weighted by Gasteiger charge is 2.26. The van der Waals surface area contributed by atoms with Crippen LogP contribution < -0.4 is 10.9 Å². The summed E-state index contributed by atoms with van der Waals surface area (Å²) in [4.78, 5) is 26.8. The summed E-state index contributed by atoms with van der Waals surface area (Å²) < 4.78 is 7.85. The lowest BCUT2D eigenvalue weighted by Gasteiger charge is -2.34. The van der Waals surface area contributed by atoms with Crippen LogP contribution in [0.25, 0.3) is 10.8 Å². The molecule has 4 rings (SSSR count). The second-order valence-electron chi connectivity index (χ2n) is 6.70. The largest absolute Gasteiger partial charge is 0.444 e. The summed E-state index contributed by atoms with van der Waals surface area (Å²) in [6.07, 6.45) is 2.06. The van der Waals surface area contributed by atoms with Crippen molar-refractivity contribution < 1.29 is 9.21 Å². The number of hydrogen-bond acceptors (Lipinski definition) is 5. The predicted molar refractivity (Wildman–Crippen MR) is 97.2 cm³/mol. The van der Waals surface area contributed by atoms with Crippen LogP contribution in [0.3, 0.4) is 0 Å². The van der Waals surface area contributed by atoms with Crippen molar-refractivity contribution in [3.63, 3.8) is 0 Å². The highest BCUT2D eigenvalue weighted by atomic mass is 16.4. The number of fused-ring (bicyclic) bond motifs is 2. The maximum Gasteiger partial charge on any atom is 0.277 e. The van der Waals surface area contributed by atoms with Crippen molar-refractivity contribution in [2.75, 3.05) is 18.4 Å². The van der Waals surface area contributed by atoms with Gasteiger partial charge in [0, 0.05) is 31.0 Å². The first-order valence-corrected chi connectivity index (χ1v) is 8.63. The van der Waals surface area contributed by atoms with Crippen molar-refractivity contribution in [2.45, 2.75) is 33.4 Å². The van der Waals surface area contributed by atoms with Gasteiger partial charge in [0.05, 0.1) is 17.6 Å². The van der Waals surface area contributed by atoms with Crippen molar-refractivity contribution in [3.8, 4) is 0 Å². The molecule has 1 amide bonds. The Hall–Kier alpha value is -2.87. The van der Waals surface area contributed by atoms with Gasteiger partial charge in [0.2, 0.25) is 11.8 Å². The third-order valence-corrected chi connectivity index (χ3v) is 5.07. The molecule has 2 N–H and O–H groups in total. The van der Waals surface area contributed by atoms with Crippen LogP contribution in [-0.2, 0) is 11.3 Å². The fourth-order valence-corrected chi connectivity index (χ4v) is 3.73. The Bertz CT molecular complexity index is 1040. The zero-order chi connectivity index (χ0) is 18.4. The van der Waals surface area contributed by atoms with Crippen LogP contribution in [0, 0.1) is 13.8 Å². The Morgan fingerprint density at radius 1 is 1.38 bits per heavy atom. The molecule has 26 heavy (non-hydrogen) atoms. The molecule has 3 aromatic heterocycles. The van der Waals surface area contributed by atoms with Gasteiger partial charge in [-0.2, -0.15) is 5.10 Å². The lowest BCUT2D eigenvalue weighted by molar-refractivity contribution is -0.118. The van der Waals surface area contributed by atoms with E-state index in [0.29, 0.717) is 22.2 Å². The topological polar surface area (TPSA) is 96.2 Å². The highest BCUT2D eigenvalue weighted by molar-refractivity contribution is 6.01. The van der Waals surface area contributed by atoms with E-state index in [1.807, 2.05) is 6.07 Å². The van der Waals surface area contributed by atoms with E-state index in [1.54, 1.807) is 13.8 Å². The number of carbonyl (C=O) groups excluding carboxylic acids is 1. The number of furan rings is 1. The van der Waals surface area contributed by atoms with Crippen molar-refractivity contribution in [1.82, 2.24) is 19.7 Å². The van der Waals surface area contributed by atoms with Gasteiger partial charge in [-0.3, -0.25) is 19.8 Å². The molecular formula is C18H21N5O3. The lowest BCUT2D eigenvalue weighted by Crippen LogP contribution is -2.41. The number of aryl methyl sites for hydroxylation is 2. The molecule has 0 aromatic carbocycles. The summed E-state index contributed by atoms with van der Waals surface area (Å²) in [6, 6.07) is 4.25. The van der Waals surface area contributed by atoms with E-state index in [2.05, 4.69) is 44.2 Å². The van der Waals surface area contributed by atoms with E-state index < -0.39 is 0 Å². The number of amides is 1. The average Bonchev–Trinajstić information content (AvgIpc) is 3.19. The van der Waals surface area contributed by atoms with E-state index in [4.69, 9.17) is 4.42 Å². The smallest absolute Gasteiger partial charge is 0.277 e. The molecule has 0 bridgehead atoms. The first-order chi connectivity index (χ1) is 12.5. The van der Waals surface area contributed by atoms with Crippen molar-refractivity contribution >= 4 is 22.6 Å². The second kappa shape index (κ2) is 6.14. The maximum absolute atomic E-state index is 12.6. The van der Waals surface area contributed by atoms with Gasteiger partial charge in [0.1, 0.15) is 11.1 Å². The number of aromatic nitrogens is 3. The minimum atomic E-state index is -0.373. The van der Waals surface area contributed by atoms with Gasteiger partial charge in [0.15, 0.2) is 0 Å². The number of anilines is 1. The molecule has 8 nitrogen and oxygen atoms in total. The van der Waals surface area contributed by atoms with Gasteiger partial charge in [-0.05, 0) is 32.9 Å². The molecule has 0 saturated carbocycles. The number of H-pyrrole nitrogens is 1. The first kappa shape index (κ1) is 16.6. The molecular weight excluding hydrogens is 334 g/mol. The number of carbonyl (C=O) groups is 1. The van der Waals surface area contributed by atoms with Crippen LogP contribution >= 0.6 is 0 Å². The molecule has 0 saturated heterocycles. The average molecular weight is 355 g/mol. The summed E-state index contributed by atoms with van der Waals surface area (Å²) in [5.41, 5.74) is 1.48. The molecule has 0 spiro atoms. The molecule has 4 heterocycles. The minimum Gasteiger partial charge on any atom is -0.444 e. The van der Waals surface area contributed by atoms with Crippen molar-refractivity contribution in [2.24, 2.45) is 0 Å². The molecule has 1 aliphatic rings. The zero-order valence-corrected chi connectivity index (χ0v) is 15.0. The van der Waals surface area contributed by atoms with E-state index in [1.165, 1.54) is 5.69 Å². The highest BCUT2D eigenvalue weighted by Crippen LogP contribution is 2.29. The monoisotopic (exact) mass is 355 g/mol. The fourth-order valence-electron chi connectivity index (χ4n) is 3.73. The molecule has 0 fully saturated rings. The Balaban J connectivity index is 1.56. The molecule has 8 heteroatoms. The maximum atomic E-state index is 12.6. The third-order valence-electron chi connectivity index (χ3n) is 5.07. The fraction of sp³-hybridized carbons (Fsp3) is 0.389. The van der Waals surface area contributed by atoms with Crippen molar-refractivity contribution in [1.29, 1.82) is 0 Å². The normalized spacial score (nSPS) is 17.4. The number of rotatable bonds is 3. The van der Waals surface area contributed by atoms with Gasteiger partial charge < -0.3 is 8.98 Å². The van der Waals surface area contributed by atoms with Crippen LogP contribution in [0.1, 0.15) is 30.1 Å². The first-order valence-electron chi connectivity index (χ1n) is 8.63. The molecule has 136 valence electrons. The van der Waals surface area contributed by atoms with Gasteiger partial charge >= 0.3 is 0 Å². The summed E-state index contributed by atoms with van der Waals surface area (Å²) >= 11 is 0. The number of aromatic amines is 1. The summed E-state index contributed by atoms with van der Waals surface area (Å²) in [6.45, 7) is 7.51. The number of hydrogen-bond donors (Lipinski definition) is 2. The summed E-state index contributed by atoms with van der Waals surface area (Å²) in [5.74, 6) is 0.541. The van der Waals surface area contributed by atoms with Gasteiger partial charge in [-0.1, -0.05) is 0 Å². The summed E-state index contributed by atoms with van der Waals surface area (Å²) in [5, 5.41) is 10.1.